The van der Waals surface area contributed by atoms with Crippen molar-refractivity contribution in [2.24, 2.45) is 0 Å². The summed E-state index contributed by atoms with van der Waals surface area (Å²) < 4.78 is 2.04. The fourth-order valence-electron chi connectivity index (χ4n) is 3.13. The lowest BCUT2D eigenvalue weighted by Crippen LogP contribution is -2.23. The Balaban J connectivity index is 1.57. The molecule has 5 nitrogen and oxygen atoms in total. The van der Waals surface area contributed by atoms with E-state index in [-0.39, 0.29) is 11.2 Å². The summed E-state index contributed by atoms with van der Waals surface area (Å²) in [7, 11) is 0. The Labute approximate surface area is 153 Å². The molecule has 1 amide bonds. The van der Waals surface area contributed by atoms with Gasteiger partial charge in [-0.25, -0.2) is 0 Å². The number of thioether (sulfide) groups is 1. The Morgan fingerprint density at radius 2 is 2.16 bits per heavy atom. The van der Waals surface area contributed by atoms with E-state index in [0.29, 0.717) is 0 Å². The van der Waals surface area contributed by atoms with E-state index in [0.717, 1.165) is 36.7 Å². The van der Waals surface area contributed by atoms with Gasteiger partial charge in [-0.15, -0.1) is 10.2 Å². The molecule has 1 N–H and O–H groups in total. The van der Waals surface area contributed by atoms with Crippen molar-refractivity contribution >= 4 is 23.4 Å². The quantitative estimate of drug-likeness (QED) is 0.571. The van der Waals surface area contributed by atoms with E-state index in [4.69, 9.17) is 0 Å². The van der Waals surface area contributed by atoms with Crippen molar-refractivity contribution in [1.82, 2.24) is 14.8 Å². The van der Waals surface area contributed by atoms with Crippen LogP contribution in [-0.2, 0) is 24.2 Å². The average molecular weight is 359 g/mol. The largest absolute Gasteiger partial charge is 0.325 e. The van der Waals surface area contributed by atoms with Crippen LogP contribution in [0.2, 0.25) is 0 Å². The van der Waals surface area contributed by atoms with Crippen LogP contribution >= 0.6 is 11.8 Å². The monoisotopic (exact) mass is 358 g/mol. The normalized spacial score (nSPS) is 14.3. The zero-order valence-electron chi connectivity index (χ0n) is 15.0. The van der Waals surface area contributed by atoms with E-state index in [1.165, 1.54) is 42.2 Å². The van der Waals surface area contributed by atoms with Gasteiger partial charge in [-0.1, -0.05) is 37.6 Å². The number of amides is 1. The summed E-state index contributed by atoms with van der Waals surface area (Å²) in [6, 6.07) is 6.26. The molecule has 0 unspecified atom stereocenters. The number of nitrogens with one attached hydrogen (secondary N) is 1. The molecule has 0 radical (unpaired) electrons. The Morgan fingerprint density at radius 3 is 3.00 bits per heavy atom. The summed E-state index contributed by atoms with van der Waals surface area (Å²) in [5.41, 5.74) is 3.68. The summed E-state index contributed by atoms with van der Waals surface area (Å²) in [5, 5.41) is 11.8. The maximum absolute atomic E-state index is 12.5. The minimum atomic E-state index is -0.220. The number of nitrogens with zero attached hydrogens (tertiary/aromatic N) is 3. The van der Waals surface area contributed by atoms with Crippen LogP contribution in [0.5, 0.6) is 0 Å². The molecule has 0 spiro atoms. The van der Waals surface area contributed by atoms with Gasteiger partial charge in [-0.3, -0.25) is 4.79 Å². The molecule has 1 aliphatic carbocycles. The van der Waals surface area contributed by atoms with Crippen molar-refractivity contribution in [2.75, 3.05) is 5.32 Å². The van der Waals surface area contributed by atoms with Crippen molar-refractivity contribution in [3.63, 3.8) is 0 Å². The molecule has 1 aromatic carbocycles. The fourth-order valence-corrected chi connectivity index (χ4v) is 3.98. The van der Waals surface area contributed by atoms with Crippen LogP contribution in [0.1, 0.15) is 50.7 Å². The number of aromatic nitrogens is 3. The van der Waals surface area contributed by atoms with Crippen LogP contribution < -0.4 is 5.32 Å². The third-order valence-electron chi connectivity index (χ3n) is 4.60. The Morgan fingerprint density at radius 1 is 1.32 bits per heavy atom. The molecule has 0 bridgehead atoms. The SMILES string of the molecule is CCCCCn1cnnc1S[C@@H](C)C(=O)Nc1ccc2c(c1)CCC2. The molecule has 1 aromatic heterocycles. The number of hydrogen-bond donors (Lipinski definition) is 1. The van der Waals surface area contributed by atoms with E-state index in [1.807, 2.05) is 17.6 Å². The van der Waals surface area contributed by atoms with Gasteiger partial charge >= 0.3 is 0 Å². The number of benzene rings is 1. The third-order valence-corrected chi connectivity index (χ3v) is 5.69. The molecule has 6 heteroatoms. The minimum absolute atomic E-state index is 0.00561. The highest BCUT2D eigenvalue weighted by atomic mass is 32.2. The Hall–Kier alpha value is -1.82. The highest BCUT2D eigenvalue weighted by Crippen LogP contribution is 2.26. The fraction of sp³-hybridized carbons (Fsp3) is 0.526. The van der Waals surface area contributed by atoms with E-state index in [9.17, 15) is 4.79 Å². The first kappa shape index (κ1) is 18.0. The molecule has 1 aliphatic rings. The van der Waals surface area contributed by atoms with Crippen molar-refractivity contribution in [2.45, 2.75) is 69.3 Å². The van der Waals surface area contributed by atoms with Gasteiger partial charge in [0.25, 0.3) is 0 Å². The van der Waals surface area contributed by atoms with E-state index >= 15 is 0 Å². The molecular weight excluding hydrogens is 332 g/mol. The summed E-state index contributed by atoms with van der Waals surface area (Å²) in [5.74, 6) is 0.00561. The molecule has 2 aromatic rings. The predicted octanol–water partition coefficient (Wildman–Crippen LogP) is 4.08. The summed E-state index contributed by atoms with van der Waals surface area (Å²) in [6.45, 7) is 5.01. The zero-order valence-corrected chi connectivity index (χ0v) is 15.8. The average Bonchev–Trinajstić information content (AvgIpc) is 3.24. The lowest BCUT2D eigenvalue weighted by molar-refractivity contribution is -0.115. The van der Waals surface area contributed by atoms with Gasteiger partial charge in [-0.05, 0) is 55.9 Å². The van der Waals surface area contributed by atoms with Crippen LogP contribution in [0, 0.1) is 0 Å². The lowest BCUT2D eigenvalue weighted by atomic mass is 10.1. The predicted molar refractivity (Wildman–Crippen MR) is 102 cm³/mol. The topological polar surface area (TPSA) is 59.8 Å². The van der Waals surface area contributed by atoms with Gasteiger partial charge < -0.3 is 9.88 Å². The third kappa shape index (κ3) is 4.63. The van der Waals surface area contributed by atoms with Gasteiger partial charge in [0.2, 0.25) is 5.91 Å². The maximum Gasteiger partial charge on any atom is 0.237 e. The van der Waals surface area contributed by atoms with E-state index in [1.54, 1.807) is 6.33 Å². The maximum atomic E-state index is 12.5. The minimum Gasteiger partial charge on any atom is -0.325 e. The van der Waals surface area contributed by atoms with Crippen LogP contribution in [0.25, 0.3) is 0 Å². The second-order valence-corrected chi connectivity index (χ2v) is 7.91. The molecule has 0 saturated heterocycles. The van der Waals surface area contributed by atoms with Gasteiger partial charge in [0.05, 0.1) is 5.25 Å². The van der Waals surface area contributed by atoms with Gasteiger partial charge in [0.15, 0.2) is 5.16 Å². The number of hydrogen-bond acceptors (Lipinski definition) is 4. The standard InChI is InChI=1S/C19H26N4OS/c1-3-4-5-11-23-13-20-22-19(23)25-14(2)18(24)21-17-10-9-15-7-6-8-16(15)12-17/h9-10,12-14H,3-8,11H2,1-2H3,(H,21,24)/t14-/m0/s1. The number of anilines is 1. The summed E-state index contributed by atoms with van der Waals surface area (Å²) >= 11 is 1.47. The molecule has 0 aliphatic heterocycles. The molecular formula is C19H26N4OS. The molecule has 3 rings (SSSR count). The molecule has 1 atom stereocenters. The number of carbonyl (C=O) groups is 1. The van der Waals surface area contributed by atoms with Crippen LogP contribution in [0.3, 0.4) is 0 Å². The van der Waals surface area contributed by atoms with Crippen molar-refractivity contribution in [3.05, 3.63) is 35.7 Å². The first-order valence-electron chi connectivity index (χ1n) is 9.14. The second kappa shape index (κ2) is 8.52. The number of carbonyl (C=O) groups excluding carboxylic acids is 1. The van der Waals surface area contributed by atoms with Gasteiger partial charge in [-0.2, -0.15) is 0 Å². The highest BCUT2D eigenvalue weighted by Gasteiger charge is 2.19. The number of unbranched alkanes of at least 4 members (excludes halogenated alkanes) is 2. The number of fused-ring (bicyclic) bond motifs is 1. The van der Waals surface area contributed by atoms with Crippen LogP contribution in [0.15, 0.2) is 29.7 Å². The number of rotatable bonds is 8. The molecule has 0 fully saturated rings. The Bertz CT molecular complexity index is 728. The molecule has 0 saturated carbocycles. The molecule has 25 heavy (non-hydrogen) atoms. The van der Waals surface area contributed by atoms with Gasteiger partial charge in [0.1, 0.15) is 6.33 Å². The van der Waals surface area contributed by atoms with E-state index < -0.39 is 0 Å². The van der Waals surface area contributed by atoms with Crippen LogP contribution in [0.4, 0.5) is 5.69 Å². The van der Waals surface area contributed by atoms with E-state index in [2.05, 4.69) is 34.6 Å². The number of aryl methyl sites for hydroxylation is 3. The molecule has 1 heterocycles. The summed E-state index contributed by atoms with van der Waals surface area (Å²) in [4.78, 5) is 12.5. The van der Waals surface area contributed by atoms with Gasteiger partial charge in [0, 0.05) is 12.2 Å². The lowest BCUT2D eigenvalue weighted by Gasteiger charge is -2.13. The highest BCUT2D eigenvalue weighted by molar-refractivity contribution is 8.00. The van der Waals surface area contributed by atoms with Crippen molar-refractivity contribution in [1.29, 1.82) is 0 Å². The van der Waals surface area contributed by atoms with Crippen molar-refractivity contribution < 1.29 is 4.79 Å². The van der Waals surface area contributed by atoms with Crippen molar-refractivity contribution in [3.8, 4) is 0 Å². The first-order chi connectivity index (χ1) is 12.2. The zero-order chi connectivity index (χ0) is 17.6. The van der Waals surface area contributed by atoms with Crippen LogP contribution in [-0.4, -0.2) is 25.9 Å². The molecule has 134 valence electrons. The smallest absolute Gasteiger partial charge is 0.237 e. The first-order valence-corrected chi connectivity index (χ1v) is 10.0. The second-order valence-electron chi connectivity index (χ2n) is 6.60. The summed E-state index contributed by atoms with van der Waals surface area (Å²) in [6.07, 6.45) is 8.72. The Kier molecular flexibility index (Phi) is 6.13.